The second-order valence-corrected chi connectivity index (χ2v) is 4.46. The van der Waals surface area contributed by atoms with E-state index in [1.807, 2.05) is 6.92 Å². The molecule has 0 unspecified atom stereocenters. The van der Waals surface area contributed by atoms with E-state index in [0.717, 1.165) is 13.1 Å². The topological polar surface area (TPSA) is 52.0 Å². The number of nitrogens with zero attached hydrogens (tertiary/aromatic N) is 4. The molecule has 1 saturated heterocycles. The van der Waals surface area contributed by atoms with Crippen LogP contribution in [-0.4, -0.2) is 30.1 Å². The van der Waals surface area contributed by atoms with Gasteiger partial charge in [-0.15, -0.1) is 0 Å². The Balaban J connectivity index is 2.76. The van der Waals surface area contributed by atoms with Gasteiger partial charge in [0, 0.05) is 17.0 Å². The van der Waals surface area contributed by atoms with Gasteiger partial charge in [0.1, 0.15) is 0 Å². The number of likely N-dealkylation sites (tertiary alicyclic amines) is 1. The first-order chi connectivity index (χ1) is 7.12. The average molecular weight is 208 g/mol. The number of azide groups is 1. The standard InChI is InChI=1S/C11H20N4/c1-4-10(9-13-14-12)11(2,3)15-7-5-6-8-15/h4H,5-9H2,1-3H3/b10-4+. The van der Waals surface area contributed by atoms with E-state index >= 15 is 0 Å². The zero-order valence-corrected chi connectivity index (χ0v) is 9.90. The molecule has 0 aliphatic carbocycles. The van der Waals surface area contributed by atoms with E-state index in [9.17, 15) is 0 Å². The Kier molecular flexibility index (Phi) is 4.18. The van der Waals surface area contributed by atoms with Crippen molar-refractivity contribution < 1.29 is 0 Å². The van der Waals surface area contributed by atoms with E-state index in [1.165, 1.54) is 18.4 Å². The highest BCUT2D eigenvalue weighted by atomic mass is 15.2. The third-order valence-corrected chi connectivity index (χ3v) is 3.34. The third-order valence-electron chi connectivity index (χ3n) is 3.34. The summed E-state index contributed by atoms with van der Waals surface area (Å²) in [5.41, 5.74) is 9.60. The molecule has 0 saturated carbocycles. The Morgan fingerprint density at radius 2 is 2.07 bits per heavy atom. The second-order valence-electron chi connectivity index (χ2n) is 4.46. The van der Waals surface area contributed by atoms with Crippen LogP contribution in [0.3, 0.4) is 0 Å². The zero-order chi connectivity index (χ0) is 11.3. The van der Waals surface area contributed by atoms with Gasteiger partial charge >= 0.3 is 0 Å². The minimum atomic E-state index is 0.0272. The summed E-state index contributed by atoms with van der Waals surface area (Å²) in [5, 5.41) is 3.67. The summed E-state index contributed by atoms with van der Waals surface area (Å²) >= 11 is 0. The molecule has 84 valence electrons. The number of hydrogen-bond acceptors (Lipinski definition) is 2. The highest BCUT2D eigenvalue weighted by molar-refractivity contribution is 5.19. The Labute approximate surface area is 91.6 Å². The predicted octanol–water partition coefficient (Wildman–Crippen LogP) is 3.12. The molecule has 1 fully saturated rings. The molecule has 15 heavy (non-hydrogen) atoms. The maximum absolute atomic E-state index is 8.36. The van der Waals surface area contributed by atoms with Crippen LogP contribution < -0.4 is 0 Å². The number of allylic oxidation sites excluding steroid dienone is 1. The smallest absolute Gasteiger partial charge is 0.0487 e. The summed E-state index contributed by atoms with van der Waals surface area (Å²) in [6.45, 7) is 9.22. The molecule has 1 aliphatic rings. The number of rotatable bonds is 4. The lowest BCUT2D eigenvalue weighted by molar-refractivity contribution is 0.190. The lowest BCUT2D eigenvalue weighted by atomic mass is 9.92. The van der Waals surface area contributed by atoms with E-state index in [1.54, 1.807) is 0 Å². The highest BCUT2D eigenvalue weighted by Gasteiger charge is 2.31. The molecule has 0 amide bonds. The van der Waals surface area contributed by atoms with Crippen molar-refractivity contribution in [2.45, 2.75) is 39.2 Å². The fourth-order valence-corrected chi connectivity index (χ4v) is 2.23. The van der Waals surface area contributed by atoms with Crippen molar-refractivity contribution in [2.24, 2.45) is 5.11 Å². The van der Waals surface area contributed by atoms with E-state index < -0.39 is 0 Å². The van der Waals surface area contributed by atoms with Crippen LogP contribution in [0.25, 0.3) is 10.4 Å². The van der Waals surface area contributed by atoms with Gasteiger partial charge in [0.15, 0.2) is 0 Å². The van der Waals surface area contributed by atoms with Crippen LogP contribution in [0.2, 0.25) is 0 Å². The molecule has 0 atom stereocenters. The molecule has 1 rings (SSSR count). The van der Waals surface area contributed by atoms with Gasteiger partial charge in [0.05, 0.1) is 0 Å². The van der Waals surface area contributed by atoms with Gasteiger partial charge in [0.25, 0.3) is 0 Å². The molecule has 4 nitrogen and oxygen atoms in total. The van der Waals surface area contributed by atoms with E-state index in [-0.39, 0.29) is 5.54 Å². The monoisotopic (exact) mass is 208 g/mol. The SMILES string of the molecule is C/C=C(\CN=[N+]=[N-])C(C)(C)N1CCCC1. The second kappa shape index (κ2) is 5.19. The lowest BCUT2D eigenvalue weighted by Gasteiger charge is -2.37. The van der Waals surface area contributed by atoms with E-state index in [4.69, 9.17) is 5.53 Å². The quantitative estimate of drug-likeness (QED) is 0.303. The molecule has 0 aromatic heterocycles. The lowest BCUT2D eigenvalue weighted by Crippen LogP contribution is -2.44. The van der Waals surface area contributed by atoms with Crippen molar-refractivity contribution in [1.82, 2.24) is 4.90 Å². The van der Waals surface area contributed by atoms with Gasteiger partial charge in [-0.2, -0.15) is 0 Å². The first kappa shape index (κ1) is 12.1. The fraction of sp³-hybridized carbons (Fsp3) is 0.818. The van der Waals surface area contributed by atoms with Crippen molar-refractivity contribution >= 4 is 0 Å². The Morgan fingerprint density at radius 3 is 2.53 bits per heavy atom. The molecule has 0 aromatic rings. The van der Waals surface area contributed by atoms with Crippen LogP contribution in [0.5, 0.6) is 0 Å². The summed E-state index contributed by atoms with van der Waals surface area (Å²) < 4.78 is 0. The van der Waals surface area contributed by atoms with Gasteiger partial charge in [0.2, 0.25) is 0 Å². The van der Waals surface area contributed by atoms with Crippen molar-refractivity contribution in [3.63, 3.8) is 0 Å². The molecule has 0 N–H and O–H groups in total. The molecule has 0 spiro atoms. The summed E-state index contributed by atoms with van der Waals surface area (Å²) in [5.74, 6) is 0. The molecule has 0 bridgehead atoms. The summed E-state index contributed by atoms with van der Waals surface area (Å²) in [7, 11) is 0. The summed E-state index contributed by atoms with van der Waals surface area (Å²) in [4.78, 5) is 5.30. The zero-order valence-electron chi connectivity index (χ0n) is 9.90. The molecule has 4 heteroatoms. The van der Waals surface area contributed by atoms with Crippen molar-refractivity contribution in [3.8, 4) is 0 Å². The van der Waals surface area contributed by atoms with Crippen molar-refractivity contribution in [1.29, 1.82) is 0 Å². The summed E-state index contributed by atoms with van der Waals surface area (Å²) in [6, 6.07) is 0. The Hall–Kier alpha value is -0.990. The fourth-order valence-electron chi connectivity index (χ4n) is 2.23. The van der Waals surface area contributed by atoms with E-state index in [0.29, 0.717) is 6.54 Å². The van der Waals surface area contributed by atoms with Crippen LogP contribution in [0.4, 0.5) is 0 Å². The van der Waals surface area contributed by atoms with Gasteiger partial charge in [-0.1, -0.05) is 11.2 Å². The van der Waals surface area contributed by atoms with Crippen LogP contribution >= 0.6 is 0 Å². The molecular formula is C11H20N4. The van der Waals surface area contributed by atoms with Crippen LogP contribution in [-0.2, 0) is 0 Å². The first-order valence-corrected chi connectivity index (χ1v) is 5.54. The van der Waals surface area contributed by atoms with Gasteiger partial charge in [-0.25, -0.2) is 0 Å². The van der Waals surface area contributed by atoms with Gasteiger partial charge < -0.3 is 0 Å². The maximum Gasteiger partial charge on any atom is 0.0487 e. The van der Waals surface area contributed by atoms with Gasteiger partial charge in [-0.05, 0) is 57.8 Å². The van der Waals surface area contributed by atoms with E-state index in [2.05, 4.69) is 34.8 Å². The Bertz CT molecular complexity index is 281. The van der Waals surface area contributed by atoms with Crippen LogP contribution in [0.15, 0.2) is 16.8 Å². The molecular weight excluding hydrogens is 188 g/mol. The molecule has 0 aromatic carbocycles. The molecule has 0 radical (unpaired) electrons. The minimum Gasteiger partial charge on any atom is -0.294 e. The largest absolute Gasteiger partial charge is 0.294 e. The first-order valence-electron chi connectivity index (χ1n) is 5.54. The molecule has 1 aliphatic heterocycles. The highest BCUT2D eigenvalue weighted by Crippen LogP contribution is 2.28. The minimum absolute atomic E-state index is 0.0272. The van der Waals surface area contributed by atoms with Crippen LogP contribution in [0.1, 0.15) is 33.6 Å². The van der Waals surface area contributed by atoms with Crippen molar-refractivity contribution in [3.05, 3.63) is 22.1 Å². The predicted molar refractivity (Wildman–Crippen MR) is 62.7 cm³/mol. The number of hydrogen-bond donors (Lipinski definition) is 0. The summed E-state index contributed by atoms with van der Waals surface area (Å²) in [6.07, 6.45) is 4.64. The van der Waals surface area contributed by atoms with Crippen molar-refractivity contribution in [2.75, 3.05) is 19.6 Å². The Morgan fingerprint density at radius 1 is 1.47 bits per heavy atom. The maximum atomic E-state index is 8.36. The van der Waals surface area contributed by atoms with Gasteiger partial charge in [-0.3, -0.25) is 4.90 Å². The average Bonchev–Trinajstić information content (AvgIpc) is 2.72. The molecule has 1 heterocycles. The normalized spacial score (nSPS) is 19.0. The van der Waals surface area contributed by atoms with Crippen LogP contribution in [0, 0.1) is 0 Å². The third kappa shape index (κ3) is 2.74.